The van der Waals surface area contributed by atoms with Gasteiger partial charge in [-0.3, -0.25) is 4.79 Å². The van der Waals surface area contributed by atoms with Gasteiger partial charge in [0.15, 0.2) is 5.01 Å². The molecule has 2 N–H and O–H groups in total. The van der Waals surface area contributed by atoms with Crippen LogP contribution >= 0.6 is 11.3 Å². The standard InChI is InChI=1S/C15H9F3N2O2S/c16-15(17,18)8-2-1-3-9(6-8)19-13(22)14-20-11-5-4-10(21)7-12(11)23-14/h1-7,21H,(H,19,22). The number of amides is 1. The van der Waals surface area contributed by atoms with Crippen molar-refractivity contribution in [1.82, 2.24) is 4.98 Å². The van der Waals surface area contributed by atoms with Crippen LogP contribution < -0.4 is 5.32 Å². The summed E-state index contributed by atoms with van der Waals surface area (Å²) in [6, 6.07) is 8.83. The molecule has 118 valence electrons. The number of hydrogen-bond acceptors (Lipinski definition) is 4. The zero-order valence-electron chi connectivity index (χ0n) is 11.4. The summed E-state index contributed by atoms with van der Waals surface area (Å²) in [5.74, 6) is -0.559. The third-order valence-electron chi connectivity index (χ3n) is 3.01. The lowest BCUT2D eigenvalue weighted by Crippen LogP contribution is -2.12. The Bertz CT molecular complexity index is 890. The molecule has 3 aromatic rings. The molecule has 0 unspecified atom stereocenters. The average Bonchev–Trinajstić information content (AvgIpc) is 2.90. The van der Waals surface area contributed by atoms with E-state index in [1.54, 1.807) is 6.07 Å². The number of nitrogens with zero attached hydrogens (tertiary/aromatic N) is 1. The van der Waals surface area contributed by atoms with E-state index in [0.717, 1.165) is 23.5 Å². The molecule has 1 heterocycles. The van der Waals surface area contributed by atoms with Crippen LogP contribution in [0.3, 0.4) is 0 Å². The molecule has 0 bridgehead atoms. The Kier molecular flexibility index (Phi) is 3.69. The SMILES string of the molecule is O=C(Nc1cccc(C(F)(F)F)c1)c1nc2ccc(O)cc2s1. The second kappa shape index (κ2) is 5.54. The van der Waals surface area contributed by atoms with Crippen molar-refractivity contribution in [3.63, 3.8) is 0 Å². The van der Waals surface area contributed by atoms with E-state index in [9.17, 15) is 23.1 Å². The summed E-state index contributed by atoms with van der Waals surface area (Å²) in [5.41, 5.74) is -0.279. The molecule has 1 aromatic heterocycles. The van der Waals surface area contributed by atoms with Gasteiger partial charge in [0.1, 0.15) is 5.75 Å². The maximum absolute atomic E-state index is 12.7. The van der Waals surface area contributed by atoms with E-state index in [1.807, 2.05) is 0 Å². The zero-order chi connectivity index (χ0) is 16.6. The van der Waals surface area contributed by atoms with Crippen LogP contribution in [-0.2, 0) is 6.18 Å². The van der Waals surface area contributed by atoms with Crippen LogP contribution in [0.15, 0.2) is 42.5 Å². The topological polar surface area (TPSA) is 62.2 Å². The number of hydrogen-bond donors (Lipinski definition) is 2. The Hall–Kier alpha value is -2.61. The Morgan fingerprint density at radius 3 is 2.70 bits per heavy atom. The number of aromatic nitrogens is 1. The predicted molar refractivity (Wildman–Crippen MR) is 80.7 cm³/mol. The number of fused-ring (bicyclic) bond motifs is 1. The van der Waals surface area contributed by atoms with Crippen LogP contribution in [0, 0.1) is 0 Å². The molecule has 0 aliphatic heterocycles. The lowest BCUT2D eigenvalue weighted by Gasteiger charge is -2.09. The maximum atomic E-state index is 12.7. The Labute approximate surface area is 132 Å². The van der Waals surface area contributed by atoms with Crippen molar-refractivity contribution in [2.24, 2.45) is 0 Å². The van der Waals surface area contributed by atoms with Crippen molar-refractivity contribution in [3.05, 3.63) is 53.0 Å². The first-order valence-corrected chi connectivity index (χ1v) is 7.23. The van der Waals surface area contributed by atoms with Gasteiger partial charge in [-0.25, -0.2) is 4.98 Å². The van der Waals surface area contributed by atoms with Gasteiger partial charge in [0.05, 0.1) is 15.8 Å². The van der Waals surface area contributed by atoms with Crippen molar-refractivity contribution < 1.29 is 23.1 Å². The highest BCUT2D eigenvalue weighted by Crippen LogP contribution is 2.31. The number of carbonyl (C=O) groups excluding carboxylic acids is 1. The van der Waals surface area contributed by atoms with Crippen LogP contribution in [0.4, 0.5) is 18.9 Å². The summed E-state index contributed by atoms with van der Waals surface area (Å²) < 4.78 is 38.6. The summed E-state index contributed by atoms with van der Waals surface area (Å²) in [7, 11) is 0. The van der Waals surface area contributed by atoms with Crippen LogP contribution in [0.25, 0.3) is 10.2 Å². The van der Waals surface area contributed by atoms with E-state index in [-0.39, 0.29) is 16.4 Å². The molecule has 23 heavy (non-hydrogen) atoms. The van der Waals surface area contributed by atoms with E-state index in [1.165, 1.54) is 24.3 Å². The quantitative estimate of drug-likeness (QED) is 0.733. The van der Waals surface area contributed by atoms with Gasteiger partial charge in [-0.15, -0.1) is 11.3 Å². The number of halogens is 3. The molecule has 0 radical (unpaired) electrons. The molecule has 3 rings (SSSR count). The van der Waals surface area contributed by atoms with Gasteiger partial charge in [0.2, 0.25) is 0 Å². The summed E-state index contributed by atoms with van der Waals surface area (Å²) in [6.07, 6.45) is -4.48. The van der Waals surface area contributed by atoms with Crippen molar-refractivity contribution >= 4 is 33.1 Å². The lowest BCUT2D eigenvalue weighted by molar-refractivity contribution is -0.137. The van der Waals surface area contributed by atoms with Gasteiger partial charge in [-0.05, 0) is 36.4 Å². The number of nitrogens with one attached hydrogen (secondary N) is 1. The lowest BCUT2D eigenvalue weighted by atomic mass is 10.2. The van der Waals surface area contributed by atoms with Gasteiger partial charge in [0.25, 0.3) is 5.91 Å². The Morgan fingerprint density at radius 2 is 1.96 bits per heavy atom. The molecule has 0 atom stereocenters. The Morgan fingerprint density at radius 1 is 1.17 bits per heavy atom. The number of benzene rings is 2. The normalized spacial score (nSPS) is 11.6. The van der Waals surface area contributed by atoms with Gasteiger partial charge in [0, 0.05) is 5.69 Å². The number of anilines is 1. The fourth-order valence-corrected chi connectivity index (χ4v) is 2.86. The molecule has 8 heteroatoms. The van der Waals surface area contributed by atoms with Crippen LogP contribution in [0.2, 0.25) is 0 Å². The van der Waals surface area contributed by atoms with Crippen molar-refractivity contribution in [2.45, 2.75) is 6.18 Å². The number of thiazole rings is 1. The number of phenols is 1. The Balaban J connectivity index is 1.86. The highest BCUT2D eigenvalue weighted by molar-refractivity contribution is 7.20. The number of phenolic OH excluding ortho intramolecular Hbond substituents is 1. The first kappa shape index (κ1) is 15.3. The van der Waals surface area contributed by atoms with Gasteiger partial charge in [-0.1, -0.05) is 6.07 Å². The van der Waals surface area contributed by atoms with E-state index in [0.29, 0.717) is 10.2 Å². The van der Waals surface area contributed by atoms with E-state index >= 15 is 0 Å². The molecule has 0 spiro atoms. The molecule has 2 aromatic carbocycles. The number of carbonyl (C=O) groups is 1. The summed E-state index contributed by atoms with van der Waals surface area (Å²) >= 11 is 1.04. The summed E-state index contributed by atoms with van der Waals surface area (Å²) in [4.78, 5) is 16.2. The molecule has 1 amide bonds. The highest BCUT2D eigenvalue weighted by atomic mass is 32.1. The first-order valence-electron chi connectivity index (χ1n) is 6.41. The molecule has 0 saturated carbocycles. The van der Waals surface area contributed by atoms with Crippen molar-refractivity contribution in [1.29, 1.82) is 0 Å². The first-order chi connectivity index (χ1) is 10.8. The second-order valence-electron chi connectivity index (χ2n) is 4.70. The van der Waals surface area contributed by atoms with Crippen LogP contribution in [-0.4, -0.2) is 16.0 Å². The summed E-state index contributed by atoms with van der Waals surface area (Å²) in [5, 5.41) is 11.9. The minimum Gasteiger partial charge on any atom is -0.508 e. The van der Waals surface area contributed by atoms with Gasteiger partial charge in [-0.2, -0.15) is 13.2 Å². The largest absolute Gasteiger partial charge is 0.508 e. The molecular weight excluding hydrogens is 329 g/mol. The number of rotatable bonds is 2. The third-order valence-corrected chi connectivity index (χ3v) is 4.03. The average molecular weight is 338 g/mol. The van der Waals surface area contributed by atoms with E-state index in [2.05, 4.69) is 10.3 Å². The summed E-state index contributed by atoms with van der Waals surface area (Å²) in [6.45, 7) is 0. The van der Waals surface area contributed by atoms with Gasteiger partial charge < -0.3 is 10.4 Å². The van der Waals surface area contributed by atoms with E-state index in [4.69, 9.17) is 0 Å². The number of aromatic hydroxyl groups is 1. The minimum atomic E-state index is -4.48. The monoisotopic (exact) mass is 338 g/mol. The van der Waals surface area contributed by atoms with E-state index < -0.39 is 17.6 Å². The molecular formula is C15H9F3N2O2S. The zero-order valence-corrected chi connectivity index (χ0v) is 12.2. The van der Waals surface area contributed by atoms with Crippen LogP contribution in [0.5, 0.6) is 5.75 Å². The third kappa shape index (κ3) is 3.26. The fraction of sp³-hybridized carbons (Fsp3) is 0.0667. The maximum Gasteiger partial charge on any atom is 0.416 e. The van der Waals surface area contributed by atoms with Crippen molar-refractivity contribution in [2.75, 3.05) is 5.32 Å². The molecule has 0 aliphatic carbocycles. The molecule has 0 fully saturated rings. The fourth-order valence-electron chi connectivity index (χ4n) is 1.97. The second-order valence-corrected chi connectivity index (χ2v) is 5.73. The predicted octanol–water partition coefficient (Wildman–Crippen LogP) is 4.27. The van der Waals surface area contributed by atoms with Gasteiger partial charge >= 0.3 is 6.18 Å². The number of alkyl halides is 3. The molecule has 0 aliphatic rings. The van der Waals surface area contributed by atoms with Crippen LogP contribution in [0.1, 0.15) is 15.4 Å². The van der Waals surface area contributed by atoms with Crippen molar-refractivity contribution in [3.8, 4) is 5.75 Å². The smallest absolute Gasteiger partial charge is 0.416 e. The minimum absolute atomic E-state index is 0.0342. The molecule has 4 nitrogen and oxygen atoms in total. The highest BCUT2D eigenvalue weighted by Gasteiger charge is 2.30. The molecule has 0 saturated heterocycles.